The topological polar surface area (TPSA) is 42.4 Å². The van der Waals surface area contributed by atoms with Crippen LogP contribution in [0.25, 0.3) is 0 Å². The number of hydrogen-bond acceptors (Lipinski definition) is 3. The summed E-state index contributed by atoms with van der Waals surface area (Å²) in [5.74, 6) is 1.06. The van der Waals surface area contributed by atoms with Gasteiger partial charge >= 0.3 is 0 Å². The van der Waals surface area contributed by atoms with Crippen LogP contribution < -0.4 is 4.74 Å². The molecule has 13 heavy (non-hydrogen) atoms. The Kier molecular flexibility index (Phi) is 2.76. The maximum Gasteiger partial charge on any atom is 0.143 e. The molecular weight excluding hydrogens is 166 g/mol. The second-order valence-electron chi connectivity index (χ2n) is 3.34. The number of methoxy groups -OCH3 is 1. The number of pyridine rings is 1. The van der Waals surface area contributed by atoms with Crippen LogP contribution in [0.1, 0.15) is 31.2 Å². The Labute approximate surface area is 78.4 Å². The summed E-state index contributed by atoms with van der Waals surface area (Å²) in [6.45, 7) is 5.85. The summed E-state index contributed by atoms with van der Waals surface area (Å²) in [4.78, 5) is 4.27. The lowest BCUT2D eigenvalue weighted by Gasteiger charge is -2.10. The molecule has 0 unspecified atom stereocenters. The first kappa shape index (κ1) is 9.84. The number of aromatic nitrogens is 1. The summed E-state index contributed by atoms with van der Waals surface area (Å²) in [6, 6.07) is 1.61. The summed E-state index contributed by atoms with van der Waals surface area (Å²) in [5, 5.41) is 9.57. The molecule has 0 aromatic carbocycles. The van der Waals surface area contributed by atoms with Gasteiger partial charge in [0.2, 0.25) is 0 Å². The maximum atomic E-state index is 9.57. The molecule has 3 nitrogen and oxygen atoms in total. The van der Waals surface area contributed by atoms with Crippen LogP contribution in [0.3, 0.4) is 0 Å². The summed E-state index contributed by atoms with van der Waals surface area (Å²) >= 11 is 0. The van der Waals surface area contributed by atoms with Gasteiger partial charge in [0.25, 0.3) is 0 Å². The number of nitrogens with zero attached hydrogens (tertiary/aromatic N) is 1. The molecule has 0 amide bonds. The molecule has 1 rings (SSSR count). The lowest BCUT2D eigenvalue weighted by molar-refractivity contribution is 0.398. The highest BCUT2D eigenvalue weighted by molar-refractivity contribution is 5.39. The van der Waals surface area contributed by atoms with Gasteiger partial charge in [0.1, 0.15) is 11.5 Å². The molecule has 0 spiro atoms. The SMILES string of the molecule is COc1cc(O)c(C(C)C)nc1C. The molecule has 72 valence electrons. The van der Waals surface area contributed by atoms with Crippen molar-refractivity contribution < 1.29 is 9.84 Å². The molecule has 1 aromatic heterocycles. The van der Waals surface area contributed by atoms with E-state index in [-0.39, 0.29) is 11.7 Å². The van der Waals surface area contributed by atoms with E-state index < -0.39 is 0 Å². The zero-order chi connectivity index (χ0) is 10.0. The van der Waals surface area contributed by atoms with Crippen LogP contribution in [0.5, 0.6) is 11.5 Å². The van der Waals surface area contributed by atoms with E-state index in [4.69, 9.17) is 4.74 Å². The monoisotopic (exact) mass is 181 g/mol. The molecule has 3 heteroatoms. The van der Waals surface area contributed by atoms with E-state index >= 15 is 0 Å². The quantitative estimate of drug-likeness (QED) is 0.760. The Morgan fingerprint density at radius 3 is 2.54 bits per heavy atom. The Hall–Kier alpha value is -1.25. The average molecular weight is 181 g/mol. The zero-order valence-corrected chi connectivity index (χ0v) is 8.46. The molecule has 0 bridgehead atoms. The molecule has 1 heterocycles. The lowest BCUT2D eigenvalue weighted by Crippen LogP contribution is -1.98. The van der Waals surface area contributed by atoms with Gasteiger partial charge in [-0.05, 0) is 12.8 Å². The maximum absolute atomic E-state index is 9.57. The van der Waals surface area contributed by atoms with Crippen LogP contribution >= 0.6 is 0 Å². The molecule has 1 N–H and O–H groups in total. The van der Waals surface area contributed by atoms with Gasteiger partial charge in [0.05, 0.1) is 18.5 Å². The van der Waals surface area contributed by atoms with E-state index in [0.29, 0.717) is 5.75 Å². The van der Waals surface area contributed by atoms with E-state index in [1.54, 1.807) is 13.2 Å². The van der Waals surface area contributed by atoms with Gasteiger partial charge in [-0.1, -0.05) is 13.8 Å². The molecule has 0 aliphatic rings. The number of rotatable bonds is 2. The Balaban J connectivity index is 3.20. The van der Waals surface area contributed by atoms with Gasteiger partial charge in [0.15, 0.2) is 0 Å². The van der Waals surface area contributed by atoms with E-state index in [1.807, 2.05) is 20.8 Å². The molecule has 0 saturated heterocycles. The minimum atomic E-state index is 0.206. The van der Waals surface area contributed by atoms with Crippen LogP contribution in [0, 0.1) is 6.92 Å². The minimum absolute atomic E-state index is 0.206. The van der Waals surface area contributed by atoms with Gasteiger partial charge in [-0.2, -0.15) is 0 Å². The Bertz CT molecular complexity index is 308. The van der Waals surface area contributed by atoms with Crippen LogP contribution in [0.4, 0.5) is 0 Å². The summed E-state index contributed by atoms with van der Waals surface area (Å²) < 4.78 is 5.04. The smallest absolute Gasteiger partial charge is 0.143 e. The third-order valence-corrected chi connectivity index (χ3v) is 1.94. The van der Waals surface area contributed by atoms with Crippen molar-refractivity contribution >= 4 is 0 Å². The van der Waals surface area contributed by atoms with E-state index in [2.05, 4.69) is 4.98 Å². The van der Waals surface area contributed by atoms with Crippen molar-refractivity contribution in [3.63, 3.8) is 0 Å². The van der Waals surface area contributed by atoms with Crippen LogP contribution in [-0.4, -0.2) is 17.2 Å². The highest BCUT2D eigenvalue weighted by atomic mass is 16.5. The molecule has 0 saturated carbocycles. The number of aromatic hydroxyl groups is 1. The molecular formula is C10H15NO2. The Morgan fingerprint density at radius 1 is 1.46 bits per heavy atom. The standard InChI is InChI=1S/C10H15NO2/c1-6(2)10-8(12)5-9(13-4)7(3)11-10/h5-6,12H,1-4H3. The zero-order valence-electron chi connectivity index (χ0n) is 8.46. The van der Waals surface area contributed by atoms with E-state index in [0.717, 1.165) is 11.4 Å². The lowest BCUT2D eigenvalue weighted by atomic mass is 10.1. The normalized spacial score (nSPS) is 10.5. The van der Waals surface area contributed by atoms with Crippen LogP contribution in [0.2, 0.25) is 0 Å². The molecule has 0 atom stereocenters. The second-order valence-corrected chi connectivity index (χ2v) is 3.34. The fraction of sp³-hybridized carbons (Fsp3) is 0.500. The van der Waals surface area contributed by atoms with Crippen molar-refractivity contribution in [2.75, 3.05) is 7.11 Å². The first-order chi connectivity index (χ1) is 6.06. The van der Waals surface area contributed by atoms with Crippen molar-refractivity contribution in [2.45, 2.75) is 26.7 Å². The van der Waals surface area contributed by atoms with Gasteiger partial charge < -0.3 is 9.84 Å². The summed E-state index contributed by atoms with van der Waals surface area (Å²) in [5.41, 5.74) is 1.53. The predicted octanol–water partition coefficient (Wildman–Crippen LogP) is 2.23. The number of hydrogen-bond donors (Lipinski definition) is 1. The van der Waals surface area contributed by atoms with Crippen LogP contribution in [-0.2, 0) is 0 Å². The van der Waals surface area contributed by atoms with Crippen molar-refractivity contribution in [3.05, 3.63) is 17.5 Å². The summed E-state index contributed by atoms with van der Waals surface area (Å²) in [6.07, 6.45) is 0. The van der Waals surface area contributed by atoms with Gasteiger partial charge in [0, 0.05) is 6.07 Å². The highest BCUT2D eigenvalue weighted by Crippen LogP contribution is 2.28. The number of aryl methyl sites for hydroxylation is 1. The van der Waals surface area contributed by atoms with E-state index in [1.165, 1.54) is 0 Å². The van der Waals surface area contributed by atoms with Crippen molar-refractivity contribution in [3.8, 4) is 11.5 Å². The molecule has 0 radical (unpaired) electrons. The third-order valence-electron chi connectivity index (χ3n) is 1.94. The van der Waals surface area contributed by atoms with E-state index in [9.17, 15) is 5.11 Å². The van der Waals surface area contributed by atoms with Gasteiger partial charge in [-0.15, -0.1) is 0 Å². The van der Waals surface area contributed by atoms with Crippen molar-refractivity contribution in [1.29, 1.82) is 0 Å². The third kappa shape index (κ3) is 1.91. The molecule has 1 aromatic rings. The molecule has 0 aliphatic heterocycles. The second kappa shape index (κ2) is 3.64. The molecule has 0 aliphatic carbocycles. The van der Waals surface area contributed by atoms with Gasteiger partial charge in [-0.3, -0.25) is 4.98 Å². The predicted molar refractivity (Wildman–Crippen MR) is 51.3 cm³/mol. The summed E-state index contributed by atoms with van der Waals surface area (Å²) in [7, 11) is 1.57. The minimum Gasteiger partial charge on any atom is -0.506 e. The van der Waals surface area contributed by atoms with Crippen molar-refractivity contribution in [2.24, 2.45) is 0 Å². The largest absolute Gasteiger partial charge is 0.506 e. The molecule has 0 fully saturated rings. The first-order valence-corrected chi connectivity index (χ1v) is 4.30. The first-order valence-electron chi connectivity index (χ1n) is 4.30. The number of ether oxygens (including phenoxy) is 1. The highest BCUT2D eigenvalue weighted by Gasteiger charge is 2.11. The fourth-order valence-corrected chi connectivity index (χ4v) is 1.23. The fourth-order valence-electron chi connectivity index (χ4n) is 1.23. The van der Waals surface area contributed by atoms with Gasteiger partial charge in [-0.25, -0.2) is 0 Å². The van der Waals surface area contributed by atoms with Crippen LogP contribution in [0.15, 0.2) is 6.07 Å². The van der Waals surface area contributed by atoms with Crippen molar-refractivity contribution in [1.82, 2.24) is 4.98 Å². The Morgan fingerprint density at radius 2 is 2.08 bits per heavy atom. The average Bonchev–Trinajstić information content (AvgIpc) is 2.07.